The van der Waals surface area contributed by atoms with E-state index in [0.29, 0.717) is 54.1 Å². The topological polar surface area (TPSA) is 112 Å². The minimum absolute atomic E-state index is 0.0759. The number of carbonyl (C=O) groups is 1. The van der Waals surface area contributed by atoms with E-state index in [0.717, 1.165) is 17.5 Å². The van der Waals surface area contributed by atoms with Crippen molar-refractivity contribution in [1.29, 1.82) is 0 Å². The maximum atomic E-state index is 13.4. The molecule has 0 amide bonds. The normalized spacial score (nSPS) is 20.7. The highest BCUT2D eigenvalue weighted by Crippen LogP contribution is 2.43. The van der Waals surface area contributed by atoms with Gasteiger partial charge in [0.2, 0.25) is 5.88 Å². The van der Waals surface area contributed by atoms with E-state index in [9.17, 15) is 19.7 Å². The molecule has 3 heterocycles. The fourth-order valence-corrected chi connectivity index (χ4v) is 5.44. The predicted octanol–water partition coefficient (Wildman–Crippen LogP) is 3.99. The average molecular weight is 476 g/mol. The molecular formula is C26H29BN2O6. The van der Waals surface area contributed by atoms with E-state index >= 15 is 0 Å². The fourth-order valence-electron chi connectivity index (χ4n) is 5.44. The van der Waals surface area contributed by atoms with Crippen LogP contribution in [-0.2, 0) is 4.65 Å². The molecule has 2 atom stereocenters. The molecule has 8 nitrogen and oxygen atoms in total. The fraction of sp³-hybridized carbons (Fsp3) is 0.385. The van der Waals surface area contributed by atoms with Gasteiger partial charge < -0.3 is 29.4 Å². The second-order valence-corrected chi connectivity index (χ2v) is 9.95. The van der Waals surface area contributed by atoms with E-state index in [2.05, 4.69) is 10.2 Å². The molecule has 1 aromatic heterocycles. The highest BCUT2D eigenvalue weighted by molar-refractivity contribution is 6.43. The first-order chi connectivity index (χ1) is 16.7. The van der Waals surface area contributed by atoms with Gasteiger partial charge in [-0.2, -0.15) is 0 Å². The number of para-hydroxylation sites is 1. The molecular weight excluding hydrogens is 447 g/mol. The zero-order valence-corrected chi connectivity index (χ0v) is 20.1. The summed E-state index contributed by atoms with van der Waals surface area (Å²) in [6.07, 6.45) is 1.44. The van der Waals surface area contributed by atoms with Gasteiger partial charge in [0.05, 0.1) is 22.6 Å². The summed E-state index contributed by atoms with van der Waals surface area (Å²) in [6.45, 7) is 7.51. The number of aryl methyl sites for hydroxylation is 1. The van der Waals surface area contributed by atoms with Crippen LogP contribution in [0.3, 0.4) is 0 Å². The first-order valence-corrected chi connectivity index (χ1v) is 11.9. The van der Waals surface area contributed by atoms with Crippen molar-refractivity contribution in [2.45, 2.75) is 39.6 Å². The zero-order valence-electron chi connectivity index (χ0n) is 20.1. The van der Waals surface area contributed by atoms with Crippen molar-refractivity contribution in [3.05, 3.63) is 68.9 Å². The van der Waals surface area contributed by atoms with E-state index < -0.39 is 13.1 Å². The minimum Gasteiger partial charge on any atom is -0.478 e. The molecule has 35 heavy (non-hydrogen) atoms. The third kappa shape index (κ3) is 4.19. The first kappa shape index (κ1) is 23.4. The third-order valence-electron chi connectivity index (χ3n) is 7.28. The number of hydrogen-bond donors (Lipinski definition) is 3. The molecule has 9 heteroatoms. The maximum absolute atomic E-state index is 13.4. The Kier molecular flexibility index (Phi) is 5.85. The molecule has 2 aromatic carbocycles. The Morgan fingerprint density at radius 3 is 2.74 bits per heavy atom. The number of benzene rings is 2. The van der Waals surface area contributed by atoms with E-state index in [1.165, 1.54) is 0 Å². The van der Waals surface area contributed by atoms with Gasteiger partial charge in [0, 0.05) is 36.4 Å². The van der Waals surface area contributed by atoms with Gasteiger partial charge in [0.25, 0.3) is 0 Å². The van der Waals surface area contributed by atoms with Gasteiger partial charge in [0.1, 0.15) is 5.58 Å². The van der Waals surface area contributed by atoms with Crippen molar-refractivity contribution in [2.24, 2.45) is 5.41 Å². The largest absolute Gasteiger partial charge is 0.478 e. The Hall–Kier alpha value is -3.30. The molecule has 3 aromatic rings. The number of carboxylic acids is 1. The minimum atomic E-state index is -1.01. The number of anilines is 2. The molecule has 2 aliphatic rings. The second-order valence-electron chi connectivity index (χ2n) is 9.95. The van der Waals surface area contributed by atoms with Gasteiger partial charge in [0.15, 0.2) is 5.43 Å². The number of hydrogen-bond acceptors (Lipinski definition) is 7. The summed E-state index contributed by atoms with van der Waals surface area (Å²) in [5.41, 5.74) is 3.23. The lowest BCUT2D eigenvalue weighted by Crippen LogP contribution is -2.29. The van der Waals surface area contributed by atoms with E-state index in [1.54, 1.807) is 31.2 Å². The first-order valence-electron chi connectivity index (χ1n) is 11.9. The van der Waals surface area contributed by atoms with Crippen molar-refractivity contribution >= 4 is 35.6 Å². The lowest BCUT2D eigenvalue weighted by molar-refractivity contribution is 0.0698. The standard InChI is InChI=1S/C26H29BN2O6/c1-15-10-19(17(3)28-21-7-5-4-6-18(21)25(31)32)23-20(11-15)22(30)16(2)24(35-23)29-9-8-26(13-29)12-27(33)34-14-26/h4-7,10-11,17,28,33H,8-9,12-14H2,1-3H3,(H,31,32)/t17-,26?/m1/s1. The number of carboxylic acid groups (broad SMARTS) is 1. The average Bonchev–Trinajstić information content (AvgIpc) is 3.41. The van der Waals surface area contributed by atoms with Crippen LogP contribution in [0.25, 0.3) is 11.0 Å². The Bertz CT molecular complexity index is 1370. The smallest absolute Gasteiger partial charge is 0.454 e. The van der Waals surface area contributed by atoms with Crippen LogP contribution in [0.5, 0.6) is 0 Å². The Morgan fingerprint density at radius 2 is 2.03 bits per heavy atom. The van der Waals surface area contributed by atoms with Crippen LogP contribution in [-0.4, -0.2) is 42.9 Å². The van der Waals surface area contributed by atoms with Crippen molar-refractivity contribution in [1.82, 2.24) is 0 Å². The molecule has 0 saturated carbocycles. The highest BCUT2D eigenvalue weighted by atomic mass is 16.5. The molecule has 3 N–H and O–H groups in total. The quantitative estimate of drug-likeness (QED) is 0.474. The number of aromatic carboxylic acids is 1. The summed E-state index contributed by atoms with van der Waals surface area (Å²) in [6, 6.07) is 10.2. The van der Waals surface area contributed by atoms with Crippen molar-refractivity contribution in [3.63, 3.8) is 0 Å². The SMILES string of the molecule is Cc1cc([C@@H](C)Nc2ccccc2C(=O)O)c2oc(N3CCC4(COB(O)C4)C3)c(C)c(=O)c2c1. The summed E-state index contributed by atoms with van der Waals surface area (Å²) in [4.78, 5) is 27.2. The Morgan fingerprint density at radius 1 is 1.26 bits per heavy atom. The van der Waals surface area contributed by atoms with Crippen LogP contribution in [0.2, 0.25) is 6.32 Å². The number of nitrogens with one attached hydrogen (secondary N) is 1. The van der Waals surface area contributed by atoms with Crippen molar-refractivity contribution in [3.8, 4) is 0 Å². The molecule has 2 aliphatic heterocycles. The predicted molar refractivity (Wildman–Crippen MR) is 135 cm³/mol. The molecule has 2 saturated heterocycles. The summed E-state index contributed by atoms with van der Waals surface area (Å²) >= 11 is 0. The van der Waals surface area contributed by atoms with Gasteiger partial charge in [-0.25, -0.2) is 4.79 Å². The van der Waals surface area contributed by atoms with Crippen LogP contribution in [0, 0.1) is 19.3 Å². The van der Waals surface area contributed by atoms with Crippen LogP contribution in [0.15, 0.2) is 45.6 Å². The molecule has 0 bridgehead atoms. The van der Waals surface area contributed by atoms with Crippen molar-refractivity contribution < 1.29 is 24.0 Å². The molecule has 182 valence electrons. The molecule has 2 fully saturated rings. The highest BCUT2D eigenvalue weighted by Gasteiger charge is 2.47. The number of rotatable bonds is 5. The van der Waals surface area contributed by atoms with Gasteiger partial charge >= 0.3 is 13.1 Å². The monoisotopic (exact) mass is 476 g/mol. The number of fused-ring (bicyclic) bond motifs is 1. The molecule has 1 spiro atoms. The molecule has 0 aliphatic carbocycles. The summed E-state index contributed by atoms with van der Waals surface area (Å²) in [5.74, 6) is -0.466. The molecule has 0 radical (unpaired) electrons. The van der Waals surface area contributed by atoms with Crippen LogP contribution in [0.4, 0.5) is 11.6 Å². The molecule has 5 rings (SSSR count). The van der Waals surface area contributed by atoms with Crippen molar-refractivity contribution in [2.75, 3.05) is 29.9 Å². The summed E-state index contributed by atoms with van der Waals surface area (Å²) in [5, 5.41) is 23.3. The summed E-state index contributed by atoms with van der Waals surface area (Å²) in [7, 11) is -0.741. The third-order valence-corrected chi connectivity index (χ3v) is 7.28. The lowest BCUT2D eigenvalue weighted by atomic mass is 9.72. The Balaban J connectivity index is 1.56. The van der Waals surface area contributed by atoms with Gasteiger partial charge in [-0.05, 0) is 57.3 Å². The summed E-state index contributed by atoms with van der Waals surface area (Å²) < 4.78 is 11.9. The van der Waals surface area contributed by atoms with Gasteiger partial charge in [-0.15, -0.1) is 0 Å². The molecule has 1 unspecified atom stereocenters. The van der Waals surface area contributed by atoms with E-state index in [1.807, 2.05) is 26.0 Å². The van der Waals surface area contributed by atoms with Gasteiger partial charge in [-0.3, -0.25) is 4.79 Å². The van der Waals surface area contributed by atoms with Gasteiger partial charge in [-0.1, -0.05) is 18.2 Å². The van der Waals surface area contributed by atoms with Crippen LogP contribution in [0.1, 0.15) is 46.4 Å². The van der Waals surface area contributed by atoms with E-state index in [-0.39, 0.29) is 22.4 Å². The maximum Gasteiger partial charge on any atom is 0.454 e. The zero-order chi connectivity index (χ0) is 24.9. The van der Waals surface area contributed by atoms with Crippen LogP contribution >= 0.6 is 0 Å². The van der Waals surface area contributed by atoms with Crippen LogP contribution < -0.4 is 15.6 Å². The number of nitrogens with zero attached hydrogens (tertiary/aromatic N) is 1. The lowest BCUT2D eigenvalue weighted by Gasteiger charge is -2.24. The second kappa shape index (κ2) is 8.73. The van der Waals surface area contributed by atoms with E-state index in [4.69, 9.17) is 9.07 Å². The Labute approximate surface area is 203 Å².